The lowest BCUT2D eigenvalue weighted by atomic mass is 10.3. The maximum absolute atomic E-state index is 5.26. The summed E-state index contributed by atoms with van der Waals surface area (Å²) >= 11 is 0. The van der Waals surface area contributed by atoms with E-state index in [1.807, 2.05) is 6.20 Å². The Labute approximate surface area is 89.6 Å². The van der Waals surface area contributed by atoms with Gasteiger partial charge in [-0.1, -0.05) is 11.8 Å². The SMILES string of the molecule is C(#CCN1CCOCC1)Cc1c[nH]cn1. The van der Waals surface area contributed by atoms with Gasteiger partial charge in [0.25, 0.3) is 0 Å². The maximum Gasteiger partial charge on any atom is 0.0923 e. The zero-order valence-electron chi connectivity index (χ0n) is 8.70. The van der Waals surface area contributed by atoms with Gasteiger partial charge in [-0.3, -0.25) is 4.90 Å². The topological polar surface area (TPSA) is 41.1 Å². The van der Waals surface area contributed by atoms with E-state index in [0.29, 0.717) is 0 Å². The minimum Gasteiger partial charge on any atom is -0.379 e. The zero-order valence-corrected chi connectivity index (χ0v) is 8.70. The number of ether oxygens (including phenoxy) is 1. The van der Waals surface area contributed by atoms with Crippen molar-refractivity contribution in [1.29, 1.82) is 0 Å². The monoisotopic (exact) mass is 205 g/mol. The van der Waals surface area contributed by atoms with Crippen LogP contribution in [0.15, 0.2) is 12.5 Å². The number of aromatic nitrogens is 2. The lowest BCUT2D eigenvalue weighted by molar-refractivity contribution is 0.0443. The molecule has 0 radical (unpaired) electrons. The number of nitrogens with zero attached hydrogens (tertiary/aromatic N) is 2. The minimum absolute atomic E-state index is 0.730. The lowest BCUT2D eigenvalue weighted by Crippen LogP contribution is -2.36. The molecule has 1 fully saturated rings. The predicted octanol–water partition coefficient (Wildman–Crippen LogP) is 0.288. The van der Waals surface area contributed by atoms with Crippen molar-refractivity contribution in [3.05, 3.63) is 18.2 Å². The highest BCUT2D eigenvalue weighted by atomic mass is 16.5. The largest absolute Gasteiger partial charge is 0.379 e. The molecule has 0 bridgehead atoms. The van der Waals surface area contributed by atoms with Crippen LogP contribution in [0.3, 0.4) is 0 Å². The summed E-state index contributed by atoms with van der Waals surface area (Å²) in [6.07, 6.45) is 4.29. The molecule has 1 saturated heterocycles. The number of nitrogens with one attached hydrogen (secondary N) is 1. The van der Waals surface area contributed by atoms with E-state index in [-0.39, 0.29) is 0 Å². The van der Waals surface area contributed by atoms with Crippen LogP contribution in [0, 0.1) is 11.8 Å². The molecule has 1 aliphatic rings. The molecule has 1 aliphatic heterocycles. The van der Waals surface area contributed by atoms with E-state index >= 15 is 0 Å². The second-order valence-corrected chi connectivity index (χ2v) is 3.48. The Hall–Kier alpha value is -1.31. The van der Waals surface area contributed by atoms with E-state index in [1.54, 1.807) is 6.33 Å². The molecular formula is C11H15N3O. The summed E-state index contributed by atoms with van der Waals surface area (Å²) in [5.41, 5.74) is 1.00. The summed E-state index contributed by atoms with van der Waals surface area (Å²) < 4.78 is 5.26. The van der Waals surface area contributed by atoms with E-state index in [2.05, 4.69) is 26.7 Å². The first-order valence-electron chi connectivity index (χ1n) is 5.18. The van der Waals surface area contributed by atoms with Crippen LogP contribution in [-0.4, -0.2) is 47.7 Å². The van der Waals surface area contributed by atoms with Crippen LogP contribution in [0.2, 0.25) is 0 Å². The molecule has 2 heterocycles. The summed E-state index contributed by atoms with van der Waals surface area (Å²) in [5.74, 6) is 6.28. The van der Waals surface area contributed by atoms with Crippen LogP contribution in [-0.2, 0) is 11.2 Å². The summed E-state index contributed by atoms with van der Waals surface area (Å²) in [5, 5.41) is 0. The number of hydrogen-bond acceptors (Lipinski definition) is 3. The quantitative estimate of drug-likeness (QED) is 0.705. The summed E-state index contributed by atoms with van der Waals surface area (Å²) in [4.78, 5) is 9.33. The van der Waals surface area contributed by atoms with Crippen LogP contribution >= 0.6 is 0 Å². The molecule has 1 aromatic rings. The summed E-state index contributed by atoms with van der Waals surface area (Å²) in [6.45, 7) is 4.50. The highest BCUT2D eigenvalue weighted by Crippen LogP contribution is 1.95. The molecule has 2 rings (SSSR count). The average molecular weight is 205 g/mol. The van der Waals surface area contributed by atoms with Crippen molar-refractivity contribution in [3.63, 3.8) is 0 Å². The second-order valence-electron chi connectivity index (χ2n) is 3.48. The van der Waals surface area contributed by atoms with Gasteiger partial charge in [-0.25, -0.2) is 4.98 Å². The van der Waals surface area contributed by atoms with Crippen LogP contribution in [0.4, 0.5) is 0 Å². The standard InChI is InChI=1S/C11H15N3O/c1(3-11-9-12-10-13-11)2-4-14-5-7-15-8-6-14/h9-10H,3-8H2,(H,12,13). The molecule has 4 nitrogen and oxygen atoms in total. The fraction of sp³-hybridized carbons (Fsp3) is 0.545. The predicted molar refractivity (Wildman–Crippen MR) is 57.3 cm³/mol. The van der Waals surface area contributed by atoms with Gasteiger partial charge in [-0.15, -0.1) is 0 Å². The van der Waals surface area contributed by atoms with Crippen LogP contribution in [0.25, 0.3) is 0 Å². The third-order valence-electron chi connectivity index (χ3n) is 2.36. The van der Waals surface area contributed by atoms with Crippen molar-refractivity contribution < 1.29 is 4.74 Å². The summed E-state index contributed by atoms with van der Waals surface area (Å²) in [6, 6.07) is 0. The van der Waals surface area contributed by atoms with Gasteiger partial charge < -0.3 is 9.72 Å². The number of aromatic amines is 1. The fourth-order valence-corrected chi connectivity index (χ4v) is 1.47. The molecule has 0 aromatic carbocycles. The normalized spacial score (nSPS) is 17.1. The molecule has 80 valence electrons. The first kappa shape index (κ1) is 10.2. The lowest BCUT2D eigenvalue weighted by Gasteiger charge is -2.24. The number of imidazole rings is 1. The van der Waals surface area contributed by atoms with Gasteiger partial charge in [0.2, 0.25) is 0 Å². The first-order chi connectivity index (χ1) is 7.45. The van der Waals surface area contributed by atoms with Crippen molar-refractivity contribution in [2.24, 2.45) is 0 Å². The Balaban J connectivity index is 1.70. The van der Waals surface area contributed by atoms with Crippen molar-refractivity contribution in [3.8, 4) is 11.8 Å². The summed E-state index contributed by atoms with van der Waals surface area (Å²) in [7, 11) is 0. The number of rotatable bonds is 2. The van der Waals surface area contributed by atoms with E-state index in [1.165, 1.54) is 0 Å². The Morgan fingerprint density at radius 2 is 2.27 bits per heavy atom. The van der Waals surface area contributed by atoms with Gasteiger partial charge in [0, 0.05) is 19.3 Å². The number of H-pyrrole nitrogens is 1. The highest BCUT2D eigenvalue weighted by Gasteiger charge is 2.07. The Bertz CT molecular complexity index is 330. The Kier molecular flexibility index (Phi) is 3.77. The molecule has 0 spiro atoms. The molecule has 0 atom stereocenters. The molecule has 1 aromatic heterocycles. The van der Waals surface area contributed by atoms with Gasteiger partial charge in [0.15, 0.2) is 0 Å². The molecule has 0 aliphatic carbocycles. The van der Waals surface area contributed by atoms with Gasteiger partial charge >= 0.3 is 0 Å². The second kappa shape index (κ2) is 5.54. The minimum atomic E-state index is 0.730. The van der Waals surface area contributed by atoms with Crippen molar-refractivity contribution in [2.75, 3.05) is 32.8 Å². The van der Waals surface area contributed by atoms with E-state index < -0.39 is 0 Å². The molecule has 15 heavy (non-hydrogen) atoms. The number of morpholine rings is 1. The van der Waals surface area contributed by atoms with Crippen molar-refractivity contribution >= 4 is 0 Å². The molecule has 0 saturated carbocycles. The van der Waals surface area contributed by atoms with E-state index in [9.17, 15) is 0 Å². The molecule has 0 unspecified atom stereocenters. The molecule has 1 N–H and O–H groups in total. The third-order valence-corrected chi connectivity index (χ3v) is 2.36. The zero-order chi connectivity index (χ0) is 10.3. The Morgan fingerprint density at radius 3 is 3.00 bits per heavy atom. The third kappa shape index (κ3) is 3.39. The molecular weight excluding hydrogens is 190 g/mol. The van der Waals surface area contributed by atoms with Gasteiger partial charge in [-0.05, 0) is 0 Å². The molecule has 0 amide bonds. The fourth-order valence-electron chi connectivity index (χ4n) is 1.47. The smallest absolute Gasteiger partial charge is 0.0923 e. The van der Waals surface area contributed by atoms with Gasteiger partial charge in [0.05, 0.1) is 38.2 Å². The van der Waals surface area contributed by atoms with Crippen LogP contribution in [0.5, 0.6) is 0 Å². The van der Waals surface area contributed by atoms with Crippen LogP contribution < -0.4 is 0 Å². The van der Waals surface area contributed by atoms with Crippen molar-refractivity contribution in [2.45, 2.75) is 6.42 Å². The highest BCUT2D eigenvalue weighted by molar-refractivity contribution is 5.10. The number of hydrogen-bond donors (Lipinski definition) is 1. The Morgan fingerprint density at radius 1 is 1.40 bits per heavy atom. The van der Waals surface area contributed by atoms with Crippen LogP contribution in [0.1, 0.15) is 5.69 Å². The van der Waals surface area contributed by atoms with E-state index in [0.717, 1.165) is 45.0 Å². The first-order valence-corrected chi connectivity index (χ1v) is 5.18. The van der Waals surface area contributed by atoms with E-state index in [4.69, 9.17) is 4.74 Å². The van der Waals surface area contributed by atoms with Gasteiger partial charge in [0.1, 0.15) is 0 Å². The maximum atomic E-state index is 5.26. The molecule has 4 heteroatoms. The van der Waals surface area contributed by atoms with Gasteiger partial charge in [-0.2, -0.15) is 0 Å². The van der Waals surface area contributed by atoms with Crippen molar-refractivity contribution in [1.82, 2.24) is 14.9 Å². The average Bonchev–Trinajstić information content (AvgIpc) is 2.79.